The standard InChI is InChI=1S/C11H22ClNO2/c1-4-7-15-8-10(14)13-11(5-2,6-3)9-12/h4-9H2,1-3H3,(H,13,14). The Morgan fingerprint density at radius 1 is 1.33 bits per heavy atom. The highest BCUT2D eigenvalue weighted by molar-refractivity contribution is 6.18. The van der Waals surface area contributed by atoms with E-state index in [0.717, 1.165) is 19.3 Å². The highest BCUT2D eigenvalue weighted by atomic mass is 35.5. The maximum atomic E-state index is 11.5. The zero-order valence-corrected chi connectivity index (χ0v) is 10.7. The molecule has 0 unspecified atom stereocenters. The minimum absolute atomic E-state index is 0.0761. The highest BCUT2D eigenvalue weighted by Crippen LogP contribution is 2.16. The molecule has 0 aromatic rings. The predicted octanol–water partition coefficient (Wildman–Crippen LogP) is 2.33. The van der Waals surface area contributed by atoms with E-state index >= 15 is 0 Å². The lowest BCUT2D eigenvalue weighted by molar-refractivity contribution is -0.127. The molecule has 0 fully saturated rings. The lowest BCUT2D eigenvalue weighted by Gasteiger charge is -2.30. The minimum Gasteiger partial charge on any atom is -0.372 e. The Morgan fingerprint density at radius 3 is 2.33 bits per heavy atom. The van der Waals surface area contributed by atoms with Crippen LogP contribution in [-0.4, -0.2) is 30.5 Å². The number of amides is 1. The third kappa shape index (κ3) is 5.38. The number of nitrogens with one attached hydrogen (secondary N) is 1. The van der Waals surface area contributed by atoms with Crippen molar-refractivity contribution in [2.24, 2.45) is 0 Å². The second-order valence-electron chi connectivity index (χ2n) is 3.72. The predicted molar refractivity (Wildman–Crippen MR) is 63.3 cm³/mol. The number of ether oxygens (including phenoxy) is 1. The van der Waals surface area contributed by atoms with Crippen molar-refractivity contribution in [3.05, 3.63) is 0 Å². The van der Waals surface area contributed by atoms with E-state index in [4.69, 9.17) is 16.3 Å². The van der Waals surface area contributed by atoms with Gasteiger partial charge in [0.2, 0.25) is 5.91 Å². The van der Waals surface area contributed by atoms with Crippen LogP contribution in [-0.2, 0) is 9.53 Å². The second kappa shape index (κ2) is 7.94. The van der Waals surface area contributed by atoms with Gasteiger partial charge in [-0.1, -0.05) is 20.8 Å². The summed E-state index contributed by atoms with van der Waals surface area (Å²) < 4.78 is 5.17. The third-order valence-corrected chi connectivity index (χ3v) is 3.11. The first kappa shape index (κ1) is 14.7. The van der Waals surface area contributed by atoms with Gasteiger partial charge in [0.25, 0.3) is 0 Å². The Morgan fingerprint density at radius 2 is 1.93 bits per heavy atom. The van der Waals surface area contributed by atoms with E-state index in [2.05, 4.69) is 5.32 Å². The van der Waals surface area contributed by atoms with Crippen molar-refractivity contribution in [3.63, 3.8) is 0 Å². The number of carbonyl (C=O) groups is 1. The van der Waals surface area contributed by atoms with E-state index in [9.17, 15) is 4.79 Å². The summed E-state index contributed by atoms with van der Waals surface area (Å²) in [5, 5.41) is 2.94. The third-order valence-electron chi connectivity index (χ3n) is 2.60. The molecule has 4 heteroatoms. The molecule has 0 aromatic heterocycles. The molecule has 0 bridgehead atoms. The largest absolute Gasteiger partial charge is 0.372 e. The number of rotatable bonds is 8. The normalized spacial score (nSPS) is 11.5. The fourth-order valence-corrected chi connectivity index (χ4v) is 1.73. The Hall–Kier alpha value is -0.280. The molecule has 0 aliphatic heterocycles. The summed E-state index contributed by atoms with van der Waals surface area (Å²) in [4.78, 5) is 11.5. The van der Waals surface area contributed by atoms with Crippen LogP contribution in [0.15, 0.2) is 0 Å². The Labute approximate surface area is 97.5 Å². The molecule has 0 aromatic carbocycles. The number of hydrogen-bond donors (Lipinski definition) is 1. The molecular weight excluding hydrogens is 214 g/mol. The fourth-order valence-electron chi connectivity index (χ4n) is 1.29. The number of alkyl halides is 1. The molecule has 0 rings (SSSR count). The summed E-state index contributed by atoms with van der Waals surface area (Å²) in [6.07, 6.45) is 2.61. The first-order valence-corrected chi connectivity index (χ1v) is 6.12. The van der Waals surface area contributed by atoms with Crippen LogP contribution in [0.25, 0.3) is 0 Å². The maximum absolute atomic E-state index is 11.5. The summed E-state index contributed by atoms with van der Waals surface area (Å²) in [5.74, 6) is 0.368. The number of halogens is 1. The van der Waals surface area contributed by atoms with Crippen LogP contribution in [0.2, 0.25) is 0 Å². The van der Waals surface area contributed by atoms with Crippen molar-refractivity contribution in [1.82, 2.24) is 5.32 Å². The van der Waals surface area contributed by atoms with E-state index in [1.807, 2.05) is 20.8 Å². The zero-order chi connectivity index (χ0) is 11.7. The van der Waals surface area contributed by atoms with E-state index < -0.39 is 0 Å². The van der Waals surface area contributed by atoms with E-state index in [-0.39, 0.29) is 18.1 Å². The first-order valence-electron chi connectivity index (χ1n) is 5.58. The second-order valence-corrected chi connectivity index (χ2v) is 3.99. The maximum Gasteiger partial charge on any atom is 0.246 e. The molecule has 1 N–H and O–H groups in total. The van der Waals surface area contributed by atoms with Crippen LogP contribution in [0.5, 0.6) is 0 Å². The molecule has 0 aliphatic rings. The molecule has 0 saturated carbocycles. The monoisotopic (exact) mass is 235 g/mol. The summed E-state index contributed by atoms with van der Waals surface area (Å²) in [6.45, 7) is 6.82. The van der Waals surface area contributed by atoms with Crippen molar-refractivity contribution in [3.8, 4) is 0 Å². The van der Waals surface area contributed by atoms with Gasteiger partial charge in [-0.2, -0.15) is 0 Å². The van der Waals surface area contributed by atoms with Crippen LogP contribution in [0.1, 0.15) is 40.0 Å². The van der Waals surface area contributed by atoms with E-state index in [0.29, 0.717) is 12.5 Å². The molecule has 0 spiro atoms. The Kier molecular flexibility index (Phi) is 7.79. The van der Waals surface area contributed by atoms with Crippen molar-refractivity contribution in [2.45, 2.75) is 45.6 Å². The fraction of sp³-hybridized carbons (Fsp3) is 0.909. The summed E-state index contributed by atoms with van der Waals surface area (Å²) in [7, 11) is 0. The molecule has 0 radical (unpaired) electrons. The number of hydrogen-bond acceptors (Lipinski definition) is 2. The molecule has 15 heavy (non-hydrogen) atoms. The molecule has 0 saturated heterocycles. The SMILES string of the molecule is CCCOCC(=O)NC(CC)(CC)CCl. The van der Waals surface area contributed by atoms with Crippen LogP contribution in [0.3, 0.4) is 0 Å². The van der Waals surface area contributed by atoms with Gasteiger partial charge in [0.1, 0.15) is 6.61 Å². The van der Waals surface area contributed by atoms with Gasteiger partial charge >= 0.3 is 0 Å². The van der Waals surface area contributed by atoms with Gasteiger partial charge in [0.05, 0.1) is 5.54 Å². The Bertz CT molecular complexity index is 173. The van der Waals surface area contributed by atoms with Gasteiger partial charge in [-0.15, -0.1) is 11.6 Å². The van der Waals surface area contributed by atoms with Crippen molar-refractivity contribution in [1.29, 1.82) is 0 Å². The van der Waals surface area contributed by atoms with Gasteiger partial charge in [-0.25, -0.2) is 0 Å². The summed E-state index contributed by atoms with van der Waals surface area (Å²) in [6, 6.07) is 0. The Balaban J connectivity index is 4.00. The molecule has 0 heterocycles. The smallest absolute Gasteiger partial charge is 0.246 e. The lowest BCUT2D eigenvalue weighted by Crippen LogP contribution is -2.50. The average molecular weight is 236 g/mol. The average Bonchev–Trinajstić information content (AvgIpc) is 2.26. The van der Waals surface area contributed by atoms with Gasteiger partial charge in [0, 0.05) is 12.5 Å². The quantitative estimate of drug-likeness (QED) is 0.518. The van der Waals surface area contributed by atoms with Crippen LogP contribution >= 0.6 is 11.6 Å². The van der Waals surface area contributed by atoms with Gasteiger partial charge in [0.15, 0.2) is 0 Å². The molecule has 90 valence electrons. The molecule has 1 amide bonds. The summed E-state index contributed by atoms with van der Waals surface area (Å²) >= 11 is 5.87. The topological polar surface area (TPSA) is 38.3 Å². The molecule has 0 aliphatic carbocycles. The van der Waals surface area contributed by atoms with Crippen LogP contribution in [0, 0.1) is 0 Å². The van der Waals surface area contributed by atoms with E-state index in [1.165, 1.54) is 0 Å². The van der Waals surface area contributed by atoms with Crippen LogP contribution < -0.4 is 5.32 Å². The van der Waals surface area contributed by atoms with Gasteiger partial charge in [-0.05, 0) is 19.3 Å². The van der Waals surface area contributed by atoms with Crippen molar-refractivity contribution >= 4 is 17.5 Å². The van der Waals surface area contributed by atoms with E-state index in [1.54, 1.807) is 0 Å². The van der Waals surface area contributed by atoms with Gasteiger partial charge in [-0.3, -0.25) is 4.79 Å². The highest BCUT2D eigenvalue weighted by Gasteiger charge is 2.26. The molecule has 3 nitrogen and oxygen atoms in total. The van der Waals surface area contributed by atoms with Crippen molar-refractivity contribution in [2.75, 3.05) is 19.1 Å². The first-order chi connectivity index (χ1) is 7.14. The summed E-state index contributed by atoms with van der Waals surface area (Å²) in [5.41, 5.74) is -0.270. The molecule has 0 atom stereocenters. The van der Waals surface area contributed by atoms with Crippen molar-refractivity contribution < 1.29 is 9.53 Å². The van der Waals surface area contributed by atoms with Crippen LogP contribution in [0.4, 0.5) is 0 Å². The lowest BCUT2D eigenvalue weighted by atomic mass is 9.95. The van der Waals surface area contributed by atoms with Gasteiger partial charge < -0.3 is 10.1 Å². The zero-order valence-electron chi connectivity index (χ0n) is 9.94. The molecular formula is C11H22ClNO2. The number of carbonyl (C=O) groups excluding carboxylic acids is 1. The minimum atomic E-state index is -0.270.